The Kier molecular flexibility index (Phi) is 10.3. The molecule has 0 spiro atoms. The van der Waals surface area contributed by atoms with Gasteiger partial charge in [-0.25, -0.2) is 8.42 Å². The Morgan fingerprint density at radius 2 is 1.79 bits per heavy atom. The first kappa shape index (κ1) is 30.4. The number of aliphatic hydroxyl groups is 1. The quantitative estimate of drug-likeness (QED) is 0.290. The van der Waals surface area contributed by atoms with Crippen LogP contribution in [0.2, 0.25) is 0 Å². The van der Waals surface area contributed by atoms with Crippen molar-refractivity contribution in [3.63, 3.8) is 0 Å². The van der Waals surface area contributed by atoms with Gasteiger partial charge in [-0.15, -0.1) is 0 Å². The van der Waals surface area contributed by atoms with E-state index in [1.54, 1.807) is 25.3 Å². The predicted octanol–water partition coefficient (Wildman–Crippen LogP) is 4.66. The molecule has 3 atom stereocenters. The third kappa shape index (κ3) is 7.29. The van der Waals surface area contributed by atoms with Gasteiger partial charge in [-0.1, -0.05) is 38.8 Å². The molecule has 7 nitrogen and oxygen atoms in total. The van der Waals surface area contributed by atoms with Crippen molar-refractivity contribution < 1.29 is 32.2 Å². The maximum absolute atomic E-state index is 13.7. The van der Waals surface area contributed by atoms with Gasteiger partial charge >= 0.3 is 0 Å². The molecule has 0 radical (unpaired) electrons. The number of benzene rings is 2. The zero-order chi connectivity index (χ0) is 28.0. The molecule has 1 N–H and O–H groups in total. The zero-order valence-electron chi connectivity index (χ0n) is 23.9. The Balaban J connectivity index is 1.96. The lowest BCUT2D eigenvalue weighted by Gasteiger charge is -2.39. The number of hydrogen-bond donors (Lipinski definition) is 1. The van der Waals surface area contributed by atoms with Crippen molar-refractivity contribution in [2.24, 2.45) is 5.41 Å². The maximum atomic E-state index is 13.7. The van der Waals surface area contributed by atoms with Gasteiger partial charge in [0.2, 0.25) is 0 Å². The summed E-state index contributed by atoms with van der Waals surface area (Å²) in [6.45, 7) is 6.53. The molecule has 0 saturated carbocycles. The summed E-state index contributed by atoms with van der Waals surface area (Å²) in [7, 11) is 4.31. The van der Waals surface area contributed by atoms with E-state index in [9.17, 15) is 13.5 Å². The van der Waals surface area contributed by atoms with Gasteiger partial charge in [0.05, 0.1) is 58.2 Å². The first-order chi connectivity index (χ1) is 18.0. The molecule has 212 valence electrons. The number of nitrogens with zero attached hydrogens (tertiary/aromatic N) is 1. The molecule has 8 heteroatoms. The van der Waals surface area contributed by atoms with E-state index in [4.69, 9.17) is 14.2 Å². The number of quaternary nitrogens is 1. The van der Waals surface area contributed by atoms with E-state index in [0.29, 0.717) is 49.7 Å². The molecule has 1 aliphatic heterocycles. The second-order valence-electron chi connectivity index (χ2n) is 11.5. The highest BCUT2D eigenvalue weighted by Crippen LogP contribution is 2.49. The number of likely N-dealkylation sites (N-methyl/N-ethyl adjacent to an activating group) is 1. The minimum absolute atomic E-state index is 0.0751. The second kappa shape index (κ2) is 12.8. The lowest BCUT2D eigenvalue weighted by molar-refractivity contribution is -0.870. The van der Waals surface area contributed by atoms with Crippen molar-refractivity contribution in [2.75, 3.05) is 60.4 Å². The molecule has 3 rings (SSSR count). The van der Waals surface area contributed by atoms with Crippen LogP contribution >= 0.6 is 0 Å². The number of methoxy groups -OCH3 is 1. The highest BCUT2D eigenvalue weighted by atomic mass is 32.2. The van der Waals surface area contributed by atoms with Crippen LogP contribution < -0.4 is 9.47 Å². The fourth-order valence-corrected chi connectivity index (χ4v) is 7.55. The summed E-state index contributed by atoms with van der Waals surface area (Å²) in [6.07, 6.45) is 2.10. The van der Waals surface area contributed by atoms with E-state index in [1.807, 2.05) is 31.2 Å². The van der Waals surface area contributed by atoms with E-state index >= 15 is 0 Å². The van der Waals surface area contributed by atoms with E-state index < -0.39 is 27.3 Å². The maximum Gasteiger partial charge on any atom is 0.179 e. The number of rotatable bonds is 13. The minimum atomic E-state index is -3.64. The van der Waals surface area contributed by atoms with Crippen molar-refractivity contribution >= 4 is 9.84 Å². The second-order valence-corrected chi connectivity index (χ2v) is 13.4. The normalized spacial score (nSPS) is 22.9. The van der Waals surface area contributed by atoms with Crippen LogP contribution in [0.15, 0.2) is 47.4 Å². The van der Waals surface area contributed by atoms with E-state index in [2.05, 4.69) is 28.1 Å². The average molecular weight is 549 g/mol. The Bertz CT molecular complexity index is 1160. The fourth-order valence-electron chi connectivity index (χ4n) is 5.30. The van der Waals surface area contributed by atoms with Crippen LogP contribution in [0.5, 0.6) is 11.5 Å². The molecule has 0 fully saturated rings. The van der Waals surface area contributed by atoms with Crippen molar-refractivity contribution in [1.82, 2.24) is 0 Å². The number of fused-ring (bicyclic) bond motifs is 1. The van der Waals surface area contributed by atoms with E-state index in [0.717, 1.165) is 29.4 Å². The molecule has 0 aromatic heterocycles. The van der Waals surface area contributed by atoms with Crippen LogP contribution in [0.3, 0.4) is 0 Å². The van der Waals surface area contributed by atoms with Crippen LogP contribution in [-0.2, 0) is 14.6 Å². The van der Waals surface area contributed by atoms with Crippen LogP contribution in [0.25, 0.3) is 0 Å². The van der Waals surface area contributed by atoms with Gasteiger partial charge in [-0.2, -0.15) is 0 Å². The lowest BCUT2D eigenvalue weighted by Crippen LogP contribution is -2.42. The van der Waals surface area contributed by atoms with Crippen LogP contribution in [0.4, 0.5) is 0 Å². The van der Waals surface area contributed by atoms with Crippen molar-refractivity contribution in [3.8, 4) is 11.5 Å². The first-order valence-electron chi connectivity index (χ1n) is 13.7. The molecule has 38 heavy (non-hydrogen) atoms. The standard InChI is InChI=1S/C30H46NO6S/c1-7-9-15-30(8-2)22-38(33,34)27-14-13-24(35-6)21-26(27)28(29(30)32)23-11-10-12-25(20-23)37-19-18-36-17-16-31(3,4)5/h10-14,20-21,28-29,32H,7-9,15-19,22H2,1-6H3/q+1/t28-,29-,30?/m1/s1. The molecule has 1 heterocycles. The van der Waals surface area contributed by atoms with Crippen molar-refractivity contribution in [1.29, 1.82) is 0 Å². The number of sulfone groups is 1. The highest BCUT2D eigenvalue weighted by Gasteiger charge is 2.49. The fraction of sp³-hybridized carbons (Fsp3) is 0.600. The molecule has 1 unspecified atom stereocenters. The van der Waals surface area contributed by atoms with Gasteiger partial charge in [-0.05, 0) is 54.3 Å². The topological polar surface area (TPSA) is 82.1 Å². The summed E-state index contributed by atoms with van der Waals surface area (Å²) in [5.41, 5.74) is 0.633. The van der Waals surface area contributed by atoms with Gasteiger partial charge < -0.3 is 23.8 Å². The molecular weight excluding hydrogens is 502 g/mol. The van der Waals surface area contributed by atoms with E-state index in [1.165, 1.54) is 0 Å². The summed E-state index contributed by atoms with van der Waals surface area (Å²) in [5, 5.41) is 12.0. The number of ether oxygens (including phenoxy) is 3. The highest BCUT2D eigenvalue weighted by molar-refractivity contribution is 7.91. The summed E-state index contributed by atoms with van der Waals surface area (Å²) in [4.78, 5) is 0.270. The predicted molar refractivity (Wildman–Crippen MR) is 151 cm³/mol. The molecule has 0 bridgehead atoms. The van der Waals surface area contributed by atoms with Gasteiger partial charge in [0.25, 0.3) is 0 Å². The smallest absolute Gasteiger partial charge is 0.179 e. The summed E-state index contributed by atoms with van der Waals surface area (Å²) in [6, 6.07) is 12.7. The van der Waals surface area contributed by atoms with Gasteiger partial charge in [0.1, 0.15) is 24.7 Å². The average Bonchev–Trinajstić information content (AvgIpc) is 2.94. The molecular formula is C30H46NO6S+. The number of aliphatic hydroxyl groups excluding tert-OH is 1. The number of hydrogen-bond acceptors (Lipinski definition) is 6. The zero-order valence-corrected chi connectivity index (χ0v) is 24.7. The summed E-state index contributed by atoms with van der Waals surface area (Å²) >= 11 is 0. The van der Waals surface area contributed by atoms with E-state index in [-0.39, 0.29) is 10.6 Å². The first-order valence-corrected chi connectivity index (χ1v) is 15.3. The summed E-state index contributed by atoms with van der Waals surface area (Å²) < 4.78 is 45.5. The molecule has 0 saturated heterocycles. The third-order valence-electron chi connectivity index (χ3n) is 7.66. The number of unbranched alkanes of at least 4 members (excludes halogenated alkanes) is 1. The Hall–Kier alpha value is -2.13. The molecule has 0 aliphatic carbocycles. The molecule has 2 aromatic rings. The molecule has 0 amide bonds. The SMILES string of the molecule is CCCCC1(CC)CS(=O)(=O)c2ccc(OC)cc2[C@@H](c2cccc(OCCOCC[N+](C)(C)C)c2)[C@H]1O. The lowest BCUT2D eigenvalue weighted by atomic mass is 9.69. The monoisotopic (exact) mass is 548 g/mol. The van der Waals surface area contributed by atoms with Crippen molar-refractivity contribution in [2.45, 2.75) is 56.4 Å². The Morgan fingerprint density at radius 1 is 1.03 bits per heavy atom. The Morgan fingerprint density at radius 3 is 2.45 bits per heavy atom. The largest absolute Gasteiger partial charge is 0.497 e. The summed E-state index contributed by atoms with van der Waals surface area (Å²) in [5.74, 6) is 0.608. The van der Waals surface area contributed by atoms with Crippen LogP contribution in [0.1, 0.15) is 56.6 Å². The molecule has 1 aliphatic rings. The van der Waals surface area contributed by atoms with Crippen LogP contribution in [-0.4, -0.2) is 84.5 Å². The van der Waals surface area contributed by atoms with Crippen LogP contribution in [0, 0.1) is 5.41 Å². The van der Waals surface area contributed by atoms with Gasteiger partial charge in [0.15, 0.2) is 9.84 Å². The molecule has 2 aromatic carbocycles. The van der Waals surface area contributed by atoms with Gasteiger partial charge in [-0.3, -0.25) is 0 Å². The third-order valence-corrected chi connectivity index (χ3v) is 9.66. The minimum Gasteiger partial charge on any atom is -0.497 e. The van der Waals surface area contributed by atoms with Crippen molar-refractivity contribution in [3.05, 3.63) is 53.6 Å². The Labute approximate surface area is 229 Å². The van der Waals surface area contributed by atoms with Gasteiger partial charge in [0, 0.05) is 11.3 Å².